The molecule has 3 N–H and O–H groups in total. The van der Waals surface area contributed by atoms with Gasteiger partial charge in [0.05, 0.1) is 18.8 Å². The Hall–Kier alpha value is -3.22. The van der Waals surface area contributed by atoms with E-state index in [1.165, 1.54) is 18.7 Å². The Morgan fingerprint density at radius 2 is 1.97 bits per heavy atom. The van der Waals surface area contributed by atoms with E-state index in [0.29, 0.717) is 12.3 Å². The highest BCUT2D eigenvalue weighted by atomic mass is 16.5. The molecule has 6 heteroatoms. The third kappa shape index (κ3) is 5.40. The number of ether oxygens (including phenoxy) is 1. The molecule has 0 unspecified atom stereocenters. The lowest BCUT2D eigenvalue weighted by Crippen LogP contribution is -2.23. The Morgan fingerprint density at radius 3 is 2.62 bits per heavy atom. The monoisotopic (exact) mass is 392 g/mol. The maximum Gasteiger partial charge on any atom is 0.335 e. The van der Waals surface area contributed by atoms with Gasteiger partial charge in [0.15, 0.2) is 0 Å². The number of carbonyl (C=O) groups is 1. The van der Waals surface area contributed by atoms with E-state index < -0.39 is 12.1 Å². The molecule has 0 amide bonds. The van der Waals surface area contributed by atoms with E-state index in [0.717, 1.165) is 29.7 Å². The lowest BCUT2D eigenvalue weighted by atomic mass is 10.0. The van der Waals surface area contributed by atoms with Gasteiger partial charge < -0.3 is 20.3 Å². The molecule has 0 aliphatic rings. The lowest BCUT2D eigenvalue weighted by Gasteiger charge is -2.12. The molecule has 3 rings (SSSR count). The van der Waals surface area contributed by atoms with Gasteiger partial charge in [-0.1, -0.05) is 30.3 Å². The number of aromatic nitrogens is 1. The van der Waals surface area contributed by atoms with Crippen LogP contribution in [0.1, 0.15) is 27.6 Å². The van der Waals surface area contributed by atoms with Crippen molar-refractivity contribution in [3.63, 3.8) is 0 Å². The van der Waals surface area contributed by atoms with Crippen molar-refractivity contribution >= 4 is 5.97 Å². The zero-order valence-electron chi connectivity index (χ0n) is 16.2. The molecule has 0 bridgehead atoms. The molecular formula is C23H24N2O4. The molecule has 1 aromatic heterocycles. The molecular weight excluding hydrogens is 368 g/mol. The second-order valence-electron chi connectivity index (χ2n) is 6.67. The average Bonchev–Trinajstić information content (AvgIpc) is 2.77. The molecule has 0 aliphatic heterocycles. The van der Waals surface area contributed by atoms with Crippen molar-refractivity contribution in [2.24, 2.45) is 0 Å². The highest BCUT2D eigenvalue weighted by molar-refractivity contribution is 5.89. The summed E-state index contributed by atoms with van der Waals surface area (Å²) in [6.07, 6.45) is 3.60. The predicted octanol–water partition coefficient (Wildman–Crippen LogP) is 3.32. The summed E-state index contributed by atoms with van der Waals surface area (Å²) in [6, 6.07) is 16.6. The minimum atomic E-state index is -0.980. The van der Waals surface area contributed by atoms with Gasteiger partial charge in [-0.25, -0.2) is 4.79 Å². The number of hydrogen-bond donors (Lipinski definition) is 3. The number of benzene rings is 2. The van der Waals surface area contributed by atoms with Gasteiger partial charge in [0.1, 0.15) is 5.75 Å². The largest absolute Gasteiger partial charge is 0.496 e. The van der Waals surface area contributed by atoms with Crippen LogP contribution in [0.3, 0.4) is 0 Å². The van der Waals surface area contributed by atoms with Gasteiger partial charge >= 0.3 is 5.97 Å². The minimum absolute atomic E-state index is 0.196. The van der Waals surface area contributed by atoms with E-state index in [1.54, 1.807) is 24.5 Å². The number of nitrogens with zero attached hydrogens (tertiary/aromatic N) is 1. The Balaban J connectivity index is 1.56. The van der Waals surface area contributed by atoms with Crippen LogP contribution < -0.4 is 10.1 Å². The Bertz CT molecular complexity index is 943. The van der Waals surface area contributed by atoms with Crippen molar-refractivity contribution in [3.05, 3.63) is 83.7 Å². The molecule has 29 heavy (non-hydrogen) atoms. The Kier molecular flexibility index (Phi) is 6.94. The topological polar surface area (TPSA) is 91.7 Å². The highest BCUT2D eigenvalue weighted by Crippen LogP contribution is 2.31. The first kappa shape index (κ1) is 20.5. The predicted molar refractivity (Wildman–Crippen MR) is 111 cm³/mol. The number of methoxy groups -OCH3 is 1. The number of aliphatic hydroxyl groups excluding tert-OH is 1. The van der Waals surface area contributed by atoms with E-state index in [2.05, 4.69) is 10.3 Å². The van der Waals surface area contributed by atoms with Gasteiger partial charge in [-0.15, -0.1) is 0 Å². The molecule has 0 aliphatic carbocycles. The summed E-state index contributed by atoms with van der Waals surface area (Å²) >= 11 is 0. The van der Waals surface area contributed by atoms with Gasteiger partial charge in [0.25, 0.3) is 0 Å². The number of aliphatic hydroxyl groups is 1. The standard InChI is InChI=1S/C23H24N2O4/c1-29-22-13-18(23(27)28)8-9-20(22)17-6-4-16(5-7-17)10-12-25-15-21(26)19-3-2-11-24-14-19/h2-9,11,13-14,21,25-26H,10,12,15H2,1H3,(H,27,28)/t21-/m1/s1. The second-order valence-corrected chi connectivity index (χ2v) is 6.67. The number of rotatable bonds is 9. The molecule has 0 spiro atoms. The minimum Gasteiger partial charge on any atom is -0.496 e. The van der Waals surface area contributed by atoms with Crippen LogP contribution in [0.4, 0.5) is 0 Å². The summed E-state index contributed by atoms with van der Waals surface area (Å²) in [5.74, 6) is -0.449. The van der Waals surface area contributed by atoms with Gasteiger partial charge in [0.2, 0.25) is 0 Å². The fraction of sp³-hybridized carbons (Fsp3) is 0.217. The van der Waals surface area contributed by atoms with E-state index in [4.69, 9.17) is 9.84 Å². The molecule has 2 aromatic carbocycles. The van der Waals surface area contributed by atoms with Crippen LogP contribution in [-0.4, -0.2) is 41.4 Å². The van der Waals surface area contributed by atoms with Gasteiger partial charge in [0, 0.05) is 30.1 Å². The third-order valence-corrected chi connectivity index (χ3v) is 4.71. The zero-order chi connectivity index (χ0) is 20.6. The molecule has 0 radical (unpaired) electrons. The number of carboxylic acids is 1. The number of pyridine rings is 1. The molecule has 0 saturated heterocycles. The van der Waals surface area contributed by atoms with Crippen molar-refractivity contribution in [2.75, 3.05) is 20.2 Å². The smallest absolute Gasteiger partial charge is 0.335 e. The first-order valence-corrected chi connectivity index (χ1v) is 9.38. The molecule has 1 heterocycles. The number of carboxylic acid groups (broad SMARTS) is 1. The van der Waals surface area contributed by atoms with Gasteiger partial charge in [-0.05, 0) is 48.4 Å². The fourth-order valence-electron chi connectivity index (χ4n) is 3.08. The number of aromatic carboxylic acids is 1. The molecule has 3 aromatic rings. The normalized spacial score (nSPS) is 11.8. The van der Waals surface area contributed by atoms with Gasteiger partial charge in [-0.2, -0.15) is 0 Å². The average molecular weight is 392 g/mol. The van der Waals surface area contributed by atoms with Crippen LogP contribution in [0.2, 0.25) is 0 Å². The summed E-state index contributed by atoms with van der Waals surface area (Å²) in [5.41, 5.74) is 3.97. The van der Waals surface area contributed by atoms with Crippen LogP contribution in [0.15, 0.2) is 67.0 Å². The molecule has 6 nitrogen and oxygen atoms in total. The second kappa shape index (κ2) is 9.82. The summed E-state index contributed by atoms with van der Waals surface area (Å²) in [7, 11) is 1.53. The first-order valence-electron chi connectivity index (χ1n) is 9.38. The number of hydrogen-bond acceptors (Lipinski definition) is 5. The SMILES string of the molecule is COc1cc(C(=O)O)ccc1-c1ccc(CCNC[C@@H](O)c2cccnc2)cc1. The van der Waals surface area contributed by atoms with E-state index in [-0.39, 0.29) is 5.56 Å². The molecule has 1 atom stereocenters. The first-order chi connectivity index (χ1) is 14.1. The van der Waals surface area contributed by atoms with Crippen LogP contribution in [0.5, 0.6) is 5.75 Å². The van der Waals surface area contributed by atoms with Crippen molar-refractivity contribution in [3.8, 4) is 16.9 Å². The zero-order valence-corrected chi connectivity index (χ0v) is 16.2. The molecule has 0 fully saturated rings. The summed E-state index contributed by atoms with van der Waals surface area (Å²) in [4.78, 5) is 15.1. The Labute approximate surface area is 169 Å². The lowest BCUT2D eigenvalue weighted by molar-refractivity contribution is 0.0696. The van der Waals surface area contributed by atoms with E-state index in [1.807, 2.05) is 36.4 Å². The maximum absolute atomic E-state index is 11.1. The summed E-state index contributed by atoms with van der Waals surface area (Å²) < 4.78 is 5.36. The Morgan fingerprint density at radius 1 is 1.17 bits per heavy atom. The van der Waals surface area contributed by atoms with Crippen molar-refractivity contribution < 1.29 is 19.7 Å². The quantitative estimate of drug-likeness (QED) is 0.484. The van der Waals surface area contributed by atoms with Crippen molar-refractivity contribution in [1.82, 2.24) is 10.3 Å². The molecule has 150 valence electrons. The summed E-state index contributed by atoms with van der Waals surface area (Å²) in [6.45, 7) is 1.21. The molecule has 0 saturated carbocycles. The van der Waals surface area contributed by atoms with Crippen molar-refractivity contribution in [2.45, 2.75) is 12.5 Å². The van der Waals surface area contributed by atoms with Crippen LogP contribution in [0, 0.1) is 0 Å². The number of nitrogens with one attached hydrogen (secondary N) is 1. The van der Waals surface area contributed by atoms with E-state index in [9.17, 15) is 9.90 Å². The fourth-order valence-corrected chi connectivity index (χ4v) is 3.08. The van der Waals surface area contributed by atoms with Crippen LogP contribution in [-0.2, 0) is 6.42 Å². The van der Waals surface area contributed by atoms with E-state index >= 15 is 0 Å². The maximum atomic E-state index is 11.1. The third-order valence-electron chi connectivity index (χ3n) is 4.71. The van der Waals surface area contributed by atoms with Crippen molar-refractivity contribution in [1.29, 1.82) is 0 Å². The van der Waals surface area contributed by atoms with Crippen LogP contribution >= 0.6 is 0 Å². The van der Waals surface area contributed by atoms with Crippen LogP contribution in [0.25, 0.3) is 11.1 Å². The summed E-state index contributed by atoms with van der Waals surface area (Å²) in [5, 5.41) is 22.5. The highest BCUT2D eigenvalue weighted by Gasteiger charge is 2.11. The van der Waals surface area contributed by atoms with Gasteiger partial charge in [-0.3, -0.25) is 4.98 Å².